The molecule has 0 spiro atoms. The van der Waals surface area contributed by atoms with Crippen LogP contribution in [0.25, 0.3) is 0 Å². The van der Waals surface area contributed by atoms with E-state index >= 15 is 0 Å². The van der Waals surface area contributed by atoms with Gasteiger partial charge in [-0.15, -0.1) is 0 Å². The van der Waals surface area contributed by atoms with E-state index in [1.165, 1.54) is 0 Å². The molecule has 0 aromatic heterocycles. The summed E-state index contributed by atoms with van der Waals surface area (Å²) in [5.74, 6) is 1.62. The first kappa shape index (κ1) is 16.9. The van der Waals surface area contributed by atoms with Crippen LogP contribution in [0.5, 0.6) is 11.5 Å². The number of hydrogen-bond acceptors (Lipinski definition) is 4. The second kappa shape index (κ2) is 6.62. The molecule has 26 heavy (non-hydrogen) atoms. The number of fused-ring (bicyclic) bond motifs is 1. The van der Waals surface area contributed by atoms with Crippen molar-refractivity contribution in [2.24, 2.45) is 0 Å². The van der Waals surface area contributed by atoms with Crippen molar-refractivity contribution in [2.45, 2.75) is 12.3 Å². The molecule has 0 unspecified atom stereocenters. The fraction of sp³-hybridized carbons (Fsp3) is 0.222. The van der Waals surface area contributed by atoms with Gasteiger partial charge >= 0.3 is 0 Å². The van der Waals surface area contributed by atoms with Crippen molar-refractivity contribution >= 4 is 34.7 Å². The topological polar surface area (TPSA) is 49.0 Å². The quantitative estimate of drug-likeness (QED) is 0.778. The summed E-state index contributed by atoms with van der Waals surface area (Å²) in [6.07, 6.45) is -0.312. The number of nitrogens with zero attached hydrogens (tertiary/aromatic N) is 2. The van der Waals surface area contributed by atoms with Gasteiger partial charge in [0.1, 0.15) is 23.8 Å². The number of nitrogens with one attached hydrogen (secondary N) is 2. The van der Waals surface area contributed by atoms with Gasteiger partial charge in [-0.25, -0.2) is 10.0 Å². The largest absolute Gasteiger partial charge is 0.497 e. The lowest BCUT2D eigenvalue weighted by Gasteiger charge is -2.26. The Morgan fingerprint density at radius 2 is 1.04 bits per heavy atom. The lowest BCUT2D eigenvalue weighted by molar-refractivity contribution is 0.114. The zero-order chi connectivity index (χ0) is 18.3. The first-order valence-corrected chi connectivity index (χ1v) is 8.91. The van der Waals surface area contributed by atoms with Gasteiger partial charge in [0.15, 0.2) is 10.2 Å². The molecule has 4 rings (SSSR count). The molecule has 0 radical (unpaired) electrons. The SMILES string of the molecule is COc1ccc([C@@H]2NC(=S)N3[C@H](c4ccc(OC)cc4)NC(=S)N23)cc1. The van der Waals surface area contributed by atoms with Crippen molar-refractivity contribution in [3.05, 3.63) is 59.7 Å². The Morgan fingerprint density at radius 1 is 0.692 bits per heavy atom. The monoisotopic (exact) mass is 386 g/mol. The lowest BCUT2D eigenvalue weighted by Crippen LogP contribution is -2.36. The predicted molar refractivity (Wildman–Crippen MR) is 107 cm³/mol. The first-order chi connectivity index (χ1) is 12.6. The van der Waals surface area contributed by atoms with Crippen LogP contribution in [0.15, 0.2) is 48.5 Å². The van der Waals surface area contributed by atoms with Crippen molar-refractivity contribution in [2.75, 3.05) is 14.2 Å². The number of ether oxygens (including phenoxy) is 2. The second-order valence-electron chi connectivity index (χ2n) is 5.94. The van der Waals surface area contributed by atoms with E-state index in [-0.39, 0.29) is 12.3 Å². The summed E-state index contributed by atoms with van der Waals surface area (Å²) in [6.45, 7) is 0. The van der Waals surface area contributed by atoms with Gasteiger partial charge < -0.3 is 20.1 Å². The third-order valence-electron chi connectivity index (χ3n) is 4.52. The molecule has 2 aromatic carbocycles. The van der Waals surface area contributed by atoms with E-state index in [1.54, 1.807) is 14.2 Å². The van der Waals surface area contributed by atoms with E-state index in [0.29, 0.717) is 10.2 Å². The summed E-state index contributed by atoms with van der Waals surface area (Å²) in [7, 11) is 3.30. The molecular formula is C18H18N4O2S2. The van der Waals surface area contributed by atoms with Crippen molar-refractivity contribution < 1.29 is 9.47 Å². The molecule has 6 nitrogen and oxygen atoms in total. The minimum atomic E-state index is -0.156. The summed E-state index contributed by atoms with van der Waals surface area (Å²) in [5.41, 5.74) is 2.10. The number of methoxy groups -OCH3 is 2. The first-order valence-electron chi connectivity index (χ1n) is 8.09. The van der Waals surface area contributed by atoms with Crippen LogP contribution < -0.4 is 20.1 Å². The summed E-state index contributed by atoms with van der Waals surface area (Å²) < 4.78 is 10.5. The Kier molecular flexibility index (Phi) is 4.29. The van der Waals surface area contributed by atoms with E-state index in [2.05, 4.69) is 10.6 Å². The Hall–Kier alpha value is -2.58. The molecule has 0 bridgehead atoms. The third-order valence-corrected chi connectivity index (χ3v) is 5.13. The van der Waals surface area contributed by atoms with Crippen LogP contribution in [-0.2, 0) is 0 Å². The highest BCUT2D eigenvalue weighted by Crippen LogP contribution is 2.37. The van der Waals surface area contributed by atoms with E-state index < -0.39 is 0 Å². The van der Waals surface area contributed by atoms with Crippen LogP contribution in [0.1, 0.15) is 23.5 Å². The van der Waals surface area contributed by atoms with Gasteiger partial charge in [0.2, 0.25) is 0 Å². The van der Waals surface area contributed by atoms with Gasteiger partial charge in [0.05, 0.1) is 14.2 Å². The number of rotatable bonds is 4. The lowest BCUT2D eigenvalue weighted by atomic mass is 10.1. The maximum atomic E-state index is 5.59. The molecule has 0 saturated carbocycles. The average molecular weight is 387 g/mol. The van der Waals surface area contributed by atoms with Gasteiger partial charge in [-0.05, 0) is 59.8 Å². The number of benzene rings is 2. The number of thiocarbonyl (C=S) groups is 2. The zero-order valence-electron chi connectivity index (χ0n) is 14.3. The highest BCUT2D eigenvalue weighted by Gasteiger charge is 2.47. The predicted octanol–water partition coefficient (Wildman–Crippen LogP) is 2.70. The molecule has 0 aliphatic carbocycles. The molecule has 2 atom stereocenters. The molecule has 2 fully saturated rings. The van der Waals surface area contributed by atoms with Gasteiger partial charge in [-0.1, -0.05) is 24.3 Å². The van der Waals surface area contributed by atoms with Gasteiger partial charge in [-0.2, -0.15) is 0 Å². The molecule has 2 aromatic rings. The minimum absolute atomic E-state index is 0.156. The summed E-state index contributed by atoms with van der Waals surface area (Å²) in [5, 5.41) is 11.9. The Balaban J connectivity index is 1.63. The number of hydrogen-bond donors (Lipinski definition) is 2. The molecule has 134 valence electrons. The standard InChI is InChI=1S/C18H18N4O2S2/c1-23-13-7-3-11(4-8-13)15-19-17(25)22-16(20-18(26)21(15)22)12-5-9-14(24-2)10-6-12/h3-10,15-16H,1-2H3,(H,19,25)(H,20,26)/t15-,16-/m1/s1. The van der Waals surface area contributed by atoms with Crippen LogP contribution in [0.4, 0.5) is 0 Å². The van der Waals surface area contributed by atoms with Crippen LogP contribution in [0, 0.1) is 0 Å². The Morgan fingerprint density at radius 3 is 1.35 bits per heavy atom. The van der Waals surface area contributed by atoms with E-state index in [1.807, 2.05) is 58.5 Å². The highest BCUT2D eigenvalue weighted by atomic mass is 32.1. The van der Waals surface area contributed by atoms with Gasteiger partial charge in [0, 0.05) is 0 Å². The van der Waals surface area contributed by atoms with Crippen molar-refractivity contribution in [1.29, 1.82) is 0 Å². The average Bonchev–Trinajstić information content (AvgIpc) is 3.21. The van der Waals surface area contributed by atoms with Crippen LogP contribution >= 0.6 is 24.4 Å². The van der Waals surface area contributed by atoms with Crippen LogP contribution in [0.3, 0.4) is 0 Å². The fourth-order valence-electron chi connectivity index (χ4n) is 3.19. The summed E-state index contributed by atoms with van der Waals surface area (Å²) >= 11 is 11.2. The summed E-state index contributed by atoms with van der Waals surface area (Å²) in [4.78, 5) is 0. The van der Waals surface area contributed by atoms with Crippen molar-refractivity contribution in [3.8, 4) is 11.5 Å². The molecule has 8 heteroatoms. The second-order valence-corrected chi connectivity index (χ2v) is 6.71. The van der Waals surface area contributed by atoms with Crippen LogP contribution in [-0.4, -0.2) is 34.5 Å². The highest BCUT2D eigenvalue weighted by molar-refractivity contribution is 7.80. The smallest absolute Gasteiger partial charge is 0.192 e. The normalized spacial score (nSPS) is 21.3. The van der Waals surface area contributed by atoms with E-state index in [9.17, 15) is 0 Å². The van der Waals surface area contributed by atoms with Crippen molar-refractivity contribution in [1.82, 2.24) is 20.7 Å². The van der Waals surface area contributed by atoms with E-state index in [0.717, 1.165) is 22.6 Å². The molecule has 2 N–H and O–H groups in total. The molecule has 2 aliphatic heterocycles. The fourth-order valence-corrected chi connectivity index (χ4v) is 3.80. The number of hydrazine groups is 1. The van der Waals surface area contributed by atoms with Crippen LogP contribution in [0.2, 0.25) is 0 Å². The molecule has 2 heterocycles. The maximum Gasteiger partial charge on any atom is 0.192 e. The molecule has 2 aliphatic rings. The molecule has 2 saturated heterocycles. The maximum absolute atomic E-state index is 5.59. The Bertz CT molecular complexity index is 770. The Labute approximate surface area is 162 Å². The van der Waals surface area contributed by atoms with Crippen molar-refractivity contribution in [3.63, 3.8) is 0 Å². The molecule has 0 amide bonds. The minimum Gasteiger partial charge on any atom is -0.497 e. The van der Waals surface area contributed by atoms with Gasteiger partial charge in [-0.3, -0.25) is 0 Å². The van der Waals surface area contributed by atoms with E-state index in [4.69, 9.17) is 33.9 Å². The summed E-state index contributed by atoms with van der Waals surface area (Å²) in [6, 6.07) is 15.7. The third kappa shape index (κ3) is 2.71. The zero-order valence-corrected chi connectivity index (χ0v) is 15.9. The van der Waals surface area contributed by atoms with Gasteiger partial charge in [0.25, 0.3) is 0 Å². The molecular weight excluding hydrogens is 368 g/mol.